The molecule has 0 aromatic rings. The Bertz CT molecular complexity index is 443. The molecule has 5 nitrogen and oxygen atoms in total. The third-order valence-corrected chi connectivity index (χ3v) is 4.54. The van der Waals surface area contributed by atoms with Gasteiger partial charge in [-0.05, 0) is 26.7 Å². The first kappa shape index (κ1) is 21.9. The number of fused-ring (bicyclic) bond motifs is 1. The van der Waals surface area contributed by atoms with E-state index in [0.29, 0.717) is 13.2 Å². The van der Waals surface area contributed by atoms with Crippen LogP contribution in [-0.4, -0.2) is 55.9 Å². The maximum Gasteiger partial charge on any atom is 0.392 e. The minimum absolute atomic E-state index is 0.205. The Kier molecular flexibility index (Phi) is 7.35. The fraction of sp³-hybridized carbons (Fsp3) is 1.00. The van der Waals surface area contributed by atoms with E-state index in [1.807, 2.05) is 13.8 Å². The van der Waals surface area contributed by atoms with Gasteiger partial charge in [0, 0.05) is 13.2 Å². The molecule has 0 unspecified atom stereocenters. The topological polar surface area (TPSA) is 46.2 Å². The number of alkyl halides is 3. The van der Waals surface area contributed by atoms with Gasteiger partial charge in [0.25, 0.3) is 0 Å². The summed E-state index contributed by atoms with van der Waals surface area (Å²) in [4.78, 5) is 0. The van der Waals surface area contributed by atoms with Crippen molar-refractivity contribution in [3.63, 3.8) is 0 Å². The van der Waals surface area contributed by atoms with Crippen molar-refractivity contribution in [2.24, 2.45) is 0 Å². The number of unbranched alkanes of at least 4 members (excludes halogenated alkanes) is 2. The van der Waals surface area contributed by atoms with E-state index in [1.54, 1.807) is 13.8 Å². The van der Waals surface area contributed by atoms with Crippen LogP contribution in [0.5, 0.6) is 0 Å². The Balaban J connectivity index is 2.20. The normalized spacial score (nSPS) is 33.6. The third kappa shape index (κ3) is 5.55. The summed E-state index contributed by atoms with van der Waals surface area (Å²) in [6, 6.07) is 0. The highest BCUT2D eigenvalue weighted by Crippen LogP contribution is 2.48. The predicted octanol–water partition coefficient (Wildman–Crippen LogP) is 4.19. The molecule has 0 spiro atoms. The second kappa shape index (κ2) is 8.73. The van der Waals surface area contributed by atoms with Crippen LogP contribution in [0.15, 0.2) is 0 Å². The molecule has 0 radical (unpaired) electrons. The van der Waals surface area contributed by atoms with Gasteiger partial charge in [-0.2, -0.15) is 13.2 Å². The van der Waals surface area contributed by atoms with Crippen molar-refractivity contribution < 1.29 is 36.9 Å². The molecule has 0 aromatic heterocycles. The van der Waals surface area contributed by atoms with Crippen molar-refractivity contribution in [3.8, 4) is 0 Å². The molecule has 0 amide bonds. The second-order valence-electron chi connectivity index (χ2n) is 7.49. The zero-order valence-electron chi connectivity index (χ0n) is 16.1. The van der Waals surface area contributed by atoms with Crippen LogP contribution in [0.4, 0.5) is 13.2 Å². The summed E-state index contributed by atoms with van der Waals surface area (Å²) < 4.78 is 68.7. The molecule has 2 aliphatic rings. The number of hydrogen-bond donors (Lipinski definition) is 0. The fourth-order valence-corrected chi connectivity index (χ4v) is 3.39. The first-order chi connectivity index (χ1) is 12.1. The van der Waals surface area contributed by atoms with Gasteiger partial charge >= 0.3 is 6.18 Å². The minimum atomic E-state index is -4.42. The molecule has 26 heavy (non-hydrogen) atoms. The quantitative estimate of drug-likeness (QED) is 0.529. The summed E-state index contributed by atoms with van der Waals surface area (Å²) >= 11 is 0. The SMILES string of the molecule is CCCCOC[C@@]1(CC(F)(F)F)O[C@@H]2OC(C)(C)O[C@@H]2[C@@H]1OCCCC. The van der Waals surface area contributed by atoms with E-state index in [2.05, 4.69) is 0 Å². The van der Waals surface area contributed by atoms with Crippen molar-refractivity contribution in [2.75, 3.05) is 19.8 Å². The summed E-state index contributed by atoms with van der Waals surface area (Å²) in [6.07, 6.45) is -4.79. The first-order valence-corrected chi connectivity index (χ1v) is 9.42. The highest BCUT2D eigenvalue weighted by Gasteiger charge is 2.65. The molecule has 0 saturated carbocycles. The van der Waals surface area contributed by atoms with Gasteiger partial charge in [-0.15, -0.1) is 0 Å². The number of halogens is 3. The number of rotatable bonds is 10. The van der Waals surface area contributed by atoms with Crippen LogP contribution in [0, 0.1) is 0 Å². The van der Waals surface area contributed by atoms with Crippen molar-refractivity contribution >= 4 is 0 Å². The van der Waals surface area contributed by atoms with Crippen molar-refractivity contribution in [3.05, 3.63) is 0 Å². The highest BCUT2D eigenvalue weighted by atomic mass is 19.4. The monoisotopic (exact) mass is 384 g/mol. The first-order valence-electron chi connectivity index (χ1n) is 9.42. The molecular formula is C18H31F3O5. The largest absolute Gasteiger partial charge is 0.392 e. The van der Waals surface area contributed by atoms with Crippen molar-refractivity contribution in [2.45, 2.75) is 95.9 Å². The van der Waals surface area contributed by atoms with E-state index in [-0.39, 0.29) is 6.61 Å². The number of ether oxygens (including phenoxy) is 5. The molecule has 2 saturated heterocycles. The fourth-order valence-electron chi connectivity index (χ4n) is 3.39. The van der Waals surface area contributed by atoms with Gasteiger partial charge in [-0.3, -0.25) is 0 Å². The Morgan fingerprint density at radius 1 is 0.962 bits per heavy atom. The molecule has 0 aromatic carbocycles. The van der Waals surface area contributed by atoms with Gasteiger partial charge in [-0.25, -0.2) is 0 Å². The van der Waals surface area contributed by atoms with E-state index < -0.39 is 42.5 Å². The zero-order chi connectivity index (χ0) is 19.4. The standard InChI is InChI=1S/C18H31F3O5/c1-5-7-9-22-12-17(11-18(19,20)21)14(23-10-8-6-2)13-15(26-17)25-16(3,4)24-13/h13-15H,5-12H2,1-4H3/t13-,14+,15+,17-/m1/s1. The van der Waals surface area contributed by atoms with Crippen LogP contribution < -0.4 is 0 Å². The molecule has 2 fully saturated rings. The predicted molar refractivity (Wildman–Crippen MR) is 88.7 cm³/mol. The average molecular weight is 384 g/mol. The van der Waals surface area contributed by atoms with E-state index in [1.165, 1.54) is 0 Å². The average Bonchev–Trinajstić information content (AvgIpc) is 2.92. The van der Waals surface area contributed by atoms with E-state index >= 15 is 0 Å². The van der Waals surface area contributed by atoms with Crippen LogP contribution in [0.1, 0.15) is 59.8 Å². The maximum absolute atomic E-state index is 13.3. The number of hydrogen-bond acceptors (Lipinski definition) is 5. The van der Waals surface area contributed by atoms with Gasteiger partial charge in [0.05, 0.1) is 13.0 Å². The van der Waals surface area contributed by atoms with E-state index in [0.717, 1.165) is 25.7 Å². The van der Waals surface area contributed by atoms with Gasteiger partial charge in [0.15, 0.2) is 12.1 Å². The highest BCUT2D eigenvalue weighted by molar-refractivity contribution is 5.05. The molecule has 4 atom stereocenters. The lowest BCUT2D eigenvalue weighted by Crippen LogP contribution is -2.52. The lowest BCUT2D eigenvalue weighted by atomic mass is 9.91. The Hall–Kier alpha value is -0.410. The molecule has 2 rings (SSSR count). The Labute approximate surface area is 153 Å². The second-order valence-corrected chi connectivity index (χ2v) is 7.49. The third-order valence-electron chi connectivity index (χ3n) is 4.54. The molecule has 154 valence electrons. The smallest absolute Gasteiger partial charge is 0.378 e. The molecule has 0 bridgehead atoms. The zero-order valence-corrected chi connectivity index (χ0v) is 16.1. The van der Waals surface area contributed by atoms with E-state index in [4.69, 9.17) is 23.7 Å². The van der Waals surface area contributed by atoms with Crippen LogP contribution in [0.3, 0.4) is 0 Å². The van der Waals surface area contributed by atoms with Crippen molar-refractivity contribution in [1.29, 1.82) is 0 Å². The maximum atomic E-state index is 13.3. The molecule has 2 heterocycles. The summed E-state index contributed by atoms with van der Waals surface area (Å²) in [7, 11) is 0. The van der Waals surface area contributed by atoms with Gasteiger partial charge in [-0.1, -0.05) is 26.7 Å². The Morgan fingerprint density at radius 3 is 2.23 bits per heavy atom. The van der Waals surface area contributed by atoms with E-state index in [9.17, 15) is 13.2 Å². The lowest BCUT2D eigenvalue weighted by molar-refractivity contribution is -0.277. The molecule has 8 heteroatoms. The van der Waals surface area contributed by atoms with Crippen LogP contribution in [0.25, 0.3) is 0 Å². The van der Waals surface area contributed by atoms with Crippen LogP contribution >= 0.6 is 0 Å². The molecular weight excluding hydrogens is 353 g/mol. The minimum Gasteiger partial charge on any atom is -0.378 e. The summed E-state index contributed by atoms with van der Waals surface area (Å²) in [5, 5.41) is 0. The molecule has 0 aliphatic carbocycles. The van der Waals surface area contributed by atoms with Crippen LogP contribution in [-0.2, 0) is 23.7 Å². The van der Waals surface area contributed by atoms with Gasteiger partial charge in [0.1, 0.15) is 17.8 Å². The lowest BCUT2D eigenvalue weighted by Gasteiger charge is -2.37. The van der Waals surface area contributed by atoms with Crippen LogP contribution in [0.2, 0.25) is 0 Å². The molecule has 0 N–H and O–H groups in total. The van der Waals surface area contributed by atoms with Crippen molar-refractivity contribution in [1.82, 2.24) is 0 Å². The van der Waals surface area contributed by atoms with Gasteiger partial charge in [0.2, 0.25) is 0 Å². The molecule has 2 aliphatic heterocycles. The summed E-state index contributed by atoms with van der Waals surface area (Å²) in [6.45, 7) is 7.92. The summed E-state index contributed by atoms with van der Waals surface area (Å²) in [5.41, 5.74) is -1.66. The van der Waals surface area contributed by atoms with Gasteiger partial charge < -0.3 is 23.7 Å². The summed E-state index contributed by atoms with van der Waals surface area (Å²) in [5.74, 6) is -0.921. The Morgan fingerprint density at radius 2 is 1.62 bits per heavy atom.